The lowest BCUT2D eigenvalue weighted by atomic mass is 10.0. The van der Waals surface area contributed by atoms with Gasteiger partial charge in [0, 0.05) is 12.8 Å². The molecule has 0 aromatic carbocycles. The van der Waals surface area contributed by atoms with Crippen LogP contribution in [0.5, 0.6) is 0 Å². The molecule has 0 heterocycles. The zero-order chi connectivity index (χ0) is 55.0. The van der Waals surface area contributed by atoms with Gasteiger partial charge in [-0.2, -0.15) is 0 Å². The minimum atomic E-state index is -4.44. The van der Waals surface area contributed by atoms with Crippen LogP contribution >= 0.6 is 7.82 Å². The van der Waals surface area contributed by atoms with Crippen LogP contribution in [-0.4, -0.2) is 74.3 Å². The van der Waals surface area contributed by atoms with E-state index in [0.29, 0.717) is 23.9 Å². The Morgan fingerprint density at radius 1 is 0.467 bits per heavy atom. The van der Waals surface area contributed by atoms with Crippen molar-refractivity contribution in [3.63, 3.8) is 0 Å². The van der Waals surface area contributed by atoms with Gasteiger partial charge in [-0.25, -0.2) is 4.57 Å². The smallest absolute Gasteiger partial charge is 0.456 e. The quantitative estimate of drug-likeness (QED) is 0.0205. The number of phosphoric acid groups is 1. The van der Waals surface area contributed by atoms with Crippen molar-refractivity contribution in [3.8, 4) is 0 Å². The van der Waals surface area contributed by atoms with Crippen LogP contribution in [-0.2, 0) is 27.9 Å². The van der Waals surface area contributed by atoms with Crippen LogP contribution in [0.4, 0.5) is 0 Å². The summed E-state index contributed by atoms with van der Waals surface area (Å²) in [6, 6.07) is -0.843. The van der Waals surface area contributed by atoms with E-state index in [1.54, 1.807) is 0 Å². The first-order chi connectivity index (χ1) is 36.4. The molecular formula is C65H126N2O7P+. The first-order valence-corrected chi connectivity index (χ1v) is 33.8. The highest BCUT2D eigenvalue weighted by Crippen LogP contribution is 2.43. The number of rotatable bonds is 59. The highest BCUT2D eigenvalue weighted by molar-refractivity contribution is 7.47. The average Bonchev–Trinajstić information content (AvgIpc) is 3.37. The maximum absolute atomic E-state index is 13.5. The molecule has 10 heteroatoms. The highest BCUT2D eigenvalue weighted by Gasteiger charge is 2.30. The second kappa shape index (κ2) is 55.5. The van der Waals surface area contributed by atoms with Crippen molar-refractivity contribution in [2.75, 3.05) is 40.9 Å². The number of hydrogen-bond donors (Lipinski definition) is 2. The summed E-state index contributed by atoms with van der Waals surface area (Å²) in [5, 5.41) is 3.06. The van der Waals surface area contributed by atoms with E-state index >= 15 is 0 Å². The summed E-state index contributed by atoms with van der Waals surface area (Å²) < 4.78 is 30.7. The summed E-state index contributed by atoms with van der Waals surface area (Å²) in [5.41, 5.74) is 0. The number of phosphoric ester groups is 1. The van der Waals surface area contributed by atoms with E-state index in [1.165, 1.54) is 218 Å². The Morgan fingerprint density at radius 3 is 1.23 bits per heavy atom. The van der Waals surface area contributed by atoms with E-state index in [2.05, 4.69) is 50.4 Å². The van der Waals surface area contributed by atoms with Crippen LogP contribution in [0.3, 0.4) is 0 Å². The summed E-state index contributed by atoms with van der Waals surface area (Å²) in [6.45, 7) is 7.02. The number of amides is 1. The fourth-order valence-electron chi connectivity index (χ4n) is 9.56. The van der Waals surface area contributed by atoms with Gasteiger partial charge in [0.15, 0.2) is 0 Å². The fourth-order valence-corrected chi connectivity index (χ4v) is 10.3. The molecule has 75 heavy (non-hydrogen) atoms. The van der Waals surface area contributed by atoms with Crippen molar-refractivity contribution in [2.45, 2.75) is 328 Å². The van der Waals surface area contributed by atoms with Crippen molar-refractivity contribution < 1.29 is 37.3 Å². The highest BCUT2D eigenvalue weighted by atomic mass is 31.2. The van der Waals surface area contributed by atoms with Crippen molar-refractivity contribution in [2.24, 2.45) is 0 Å². The summed E-state index contributed by atoms with van der Waals surface area (Å²) in [4.78, 5) is 37.7. The molecule has 0 rings (SSSR count). The third kappa shape index (κ3) is 56.8. The number of unbranched alkanes of at least 4 members (excludes halogenated alkanes) is 39. The molecule has 2 N–H and O–H groups in total. The van der Waals surface area contributed by atoms with Crippen molar-refractivity contribution >= 4 is 19.7 Å². The Bertz CT molecular complexity index is 1380. The number of carbonyl (C=O) groups is 2. The molecule has 0 aliphatic carbocycles. The molecule has 0 saturated heterocycles. The zero-order valence-corrected chi connectivity index (χ0v) is 51.5. The number of hydrogen-bond acceptors (Lipinski definition) is 6. The molecule has 0 aliphatic rings. The average molecular weight is 1080 g/mol. The zero-order valence-electron chi connectivity index (χ0n) is 50.6. The van der Waals surface area contributed by atoms with Crippen molar-refractivity contribution in [1.29, 1.82) is 0 Å². The van der Waals surface area contributed by atoms with E-state index in [4.69, 9.17) is 13.8 Å². The SMILES string of the molecule is CCCCC/C=C\C/C=C\CCCCCCCCCCCCCCCC(=O)OC(/C=C/CCCCCCCCCCC)C(COP(=O)(O)OCC[N+](C)(C)C)NC(=O)CCCCCCCCCCCCCCCCC. The molecular weight excluding hydrogens is 952 g/mol. The number of quaternary nitrogens is 1. The number of esters is 1. The molecule has 9 nitrogen and oxygen atoms in total. The van der Waals surface area contributed by atoms with Crippen LogP contribution in [0.1, 0.15) is 316 Å². The Labute approximate surface area is 466 Å². The molecule has 3 unspecified atom stereocenters. The van der Waals surface area contributed by atoms with E-state index < -0.39 is 20.0 Å². The number of allylic oxidation sites excluding steroid dienone is 5. The predicted molar refractivity (Wildman–Crippen MR) is 323 cm³/mol. The standard InChI is InChI=1S/C65H125N2O7P/c1-7-10-13-16-19-22-25-27-29-30-31-32-33-34-35-36-38-40-43-46-49-52-55-58-65(69)74-63(56-53-50-47-44-41-24-21-18-15-12-9-3)62(61-73-75(70,71)72-60-59-67(4,5)6)66-64(68)57-54-51-48-45-42-39-37-28-26-23-20-17-14-11-8-2/h19,22,27,29,53,56,62-63H,7-18,20-21,23-26,28,30-52,54-55,57-61H2,1-6H3,(H-,66,68,70,71)/p+1/b22-19-,29-27-,56-53+. The Morgan fingerprint density at radius 2 is 0.813 bits per heavy atom. The predicted octanol–water partition coefficient (Wildman–Crippen LogP) is 19.9. The maximum atomic E-state index is 13.5. The monoisotopic (exact) mass is 1080 g/mol. The van der Waals surface area contributed by atoms with Crippen LogP contribution in [0.2, 0.25) is 0 Å². The van der Waals surface area contributed by atoms with Crippen LogP contribution in [0, 0.1) is 0 Å². The Hall–Kier alpha value is -1.77. The second-order valence-electron chi connectivity index (χ2n) is 23.3. The third-order valence-corrected chi connectivity index (χ3v) is 15.6. The molecule has 0 spiro atoms. The van der Waals surface area contributed by atoms with Gasteiger partial charge in [0.25, 0.3) is 0 Å². The normalized spacial score (nSPS) is 13.9. The molecule has 0 saturated carbocycles. The summed E-state index contributed by atoms with van der Waals surface area (Å²) >= 11 is 0. The van der Waals surface area contributed by atoms with E-state index in [0.717, 1.165) is 64.2 Å². The fraction of sp³-hybridized carbons (Fsp3) is 0.877. The molecule has 0 bridgehead atoms. The number of nitrogens with zero attached hydrogens (tertiary/aromatic N) is 1. The molecule has 442 valence electrons. The molecule has 0 radical (unpaired) electrons. The van der Waals surface area contributed by atoms with Crippen LogP contribution < -0.4 is 5.32 Å². The van der Waals surface area contributed by atoms with Gasteiger partial charge < -0.3 is 19.4 Å². The number of nitrogens with one attached hydrogen (secondary N) is 1. The summed E-state index contributed by atoms with van der Waals surface area (Å²) in [7, 11) is 1.51. The number of carbonyl (C=O) groups excluding carboxylic acids is 2. The van der Waals surface area contributed by atoms with Crippen molar-refractivity contribution in [1.82, 2.24) is 5.32 Å². The number of likely N-dealkylation sites (N-methyl/N-ethyl adjacent to an activating group) is 1. The van der Waals surface area contributed by atoms with E-state index in [1.807, 2.05) is 33.3 Å². The van der Waals surface area contributed by atoms with Gasteiger partial charge in [0.2, 0.25) is 5.91 Å². The van der Waals surface area contributed by atoms with E-state index in [9.17, 15) is 19.0 Å². The topological polar surface area (TPSA) is 111 Å². The lowest BCUT2D eigenvalue weighted by Gasteiger charge is -2.27. The summed E-state index contributed by atoms with van der Waals surface area (Å²) in [6.07, 6.45) is 67.1. The lowest BCUT2D eigenvalue weighted by molar-refractivity contribution is -0.870. The van der Waals surface area contributed by atoms with Gasteiger partial charge in [0.05, 0.1) is 33.8 Å². The van der Waals surface area contributed by atoms with Gasteiger partial charge in [-0.05, 0) is 63.9 Å². The third-order valence-electron chi connectivity index (χ3n) is 14.6. The van der Waals surface area contributed by atoms with E-state index in [-0.39, 0.29) is 25.1 Å². The number of ether oxygens (including phenoxy) is 1. The van der Waals surface area contributed by atoms with Gasteiger partial charge in [-0.3, -0.25) is 18.6 Å². The van der Waals surface area contributed by atoms with Gasteiger partial charge in [-0.15, -0.1) is 0 Å². The Kier molecular flexibility index (Phi) is 54.2. The molecule has 3 atom stereocenters. The molecule has 1 amide bonds. The second-order valence-corrected chi connectivity index (χ2v) is 24.7. The van der Waals surface area contributed by atoms with Crippen LogP contribution in [0.25, 0.3) is 0 Å². The molecule has 0 aromatic rings. The van der Waals surface area contributed by atoms with Gasteiger partial charge in [-0.1, -0.05) is 276 Å². The van der Waals surface area contributed by atoms with Gasteiger partial charge >= 0.3 is 13.8 Å². The Balaban J connectivity index is 5.09. The minimum absolute atomic E-state index is 0.0430. The lowest BCUT2D eigenvalue weighted by Crippen LogP contribution is -2.47. The maximum Gasteiger partial charge on any atom is 0.472 e. The minimum Gasteiger partial charge on any atom is -0.456 e. The van der Waals surface area contributed by atoms with Crippen LogP contribution in [0.15, 0.2) is 36.5 Å². The molecule has 0 aliphatic heterocycles. The summed E-state index contributed by atoms with van der Waals surface area (Å²) in [5.74, 6) is -0.491. The first kappa shape index (κ1) is 73.2. The van der Waals surface area contributed by atoms with Gasteiger partial charge in [0.1, 0.15) is 19.3 Å². The van der Waals surface area contributed by atoms with Crippen molar-refractivity contribution in [3.05, 3.63) is 36.5 Å². The molecule has 0 fully saturated rings. The largest absolute Gasteiger partial charge is 0.472 e. The molecule has 0 aromatic heterocycles. The first-order valence-electron chi connectivity index (χ1n) is 32.3.